The predicted octanol–water partition coefficient (Wildman–Crippen LogP) is 3.03. The number of halogens is 1. The standard InChI is InChI=1S/C19H34N4O2.HI/c1-5-23(6-2)18(16-10-8-11-17(14-16)24-4)15-22-19(20)21-12-9-13-25-7-3;/h8,10-11,14,18H,5-7,9,12-13,15H2,1-4H3,(H3,20,21,22);1H. The van der Waals surface area contributed by atoms with Crippen LogP contribution < -0.4 is 15.8 Å². The number of aliphatic imine (C=N–C) groups is 1. The summed E-state index contributed by atoms with van der Waals surface area (Å²) < 4.78 is 10.7. The zero-order chi connectivity index (χ0) is 18.5. The van der Waals surface area contributed by atoms with Gasteiger partial charge in [-0.1, -0.05) is 26.0 Å². The summed E-state index contributed by atoms with van der Waals surface area (Å²) in [5.41, 5.74) is 7.20. The Balaban J connectivity index is 0.00000625. The molecule has 0 bridgehead atoms. The number of rotatable bonds is 12. The lowest BCUT2D eigenvalue weighted by Crippen LogP contribution is -2.35. The van der Waals surface area contributed by atoms with Crippen LogP contribution in [0.15, 0.2) is 29.3 Å². The second-order valence-electron chi connectivity index (χ2n) is 5.72. The quantitative estimate of drug-likeness (QED) is 0.209. The van der Waals surface area contributed by atoms with Crippen molar-refractivity contribution in [3.05, 3.63) is 29.8 Å². The van der Waals surface area contributed by atoms with E-state index in [9.17, 15) is 0 Å². The van der Waals surface area contributed by atoms with E-state index in [0.29, 0.717) is 12.5 Å². The molecule has 0 saturated carbocycles. The van der Waals surface area contributed by atoms with Crippen molar-refractivity contribution in [3.63, 3.8) is 0 Å². The van der Waals surface area contributed by atoms with Crippen LogP contribution in [0.25, 0.3) is 0 Å². The summed E-state index contributed by atoms with van der Waals surface area (Å²) in [5.74, 6) is 1.34. The normalized spacial score (nSPS) is 12.6. The molecule has 3 N–H and O–H groups in total. The second-order valence-corrected chi connectivity index (χ2v) is 5.72. The van der Waals surface area contributed by atoms with Crippen LogP contribution >= 0.6 is 24.0 Å². The van der Waals surface area contributed by atoms with Crippen LogP contribution in [0, 0.1) is 0 Å². The molecule has 1 atom stereocenters. The molecule has 1 rings (SSSR count). The number of guanidine groups is 1. The first kappa shape index (κ1) is 24.9. The van der Waals surface area contributed by atoms with Crippen molar-refractivity contribution >= 4 is 29.9 Å². The number of benzene rings is 1. The van der Waals surface area contributed by atoms with Crippen LogP contribution in [0.2, 0.25) is 0 Å². The molecular weight excluding hydrogens is 443 g/mol. The smallest absolute Gasteiger partial charge is 0.188 e. The molecule has 0 aliphatic heterocycles. The number of hydrogen-bond acceptors (Lipinski definition) is 4. The van der Waals surface area contributed by atoms with Crippen LogP contribution in [0.3, 0.4) is 0 Å². The van der Waals surface area contributed by atoms with Crippen molar-refractivity contribution in [1.29, 1.82) is 0 Å². The number of methoxy groups -OCH3 is 1. The molecule has 6 nitrogen and oxygen atoms in total. The van der Waals surface area contributed by atoms with Gasteiger partial charge in [-0.3, -0.25) is 9.89 Å². The Kier molecular flexibility index (Phi) is 14.4. The van der Waals surface area contributed by atoms with Crippen molar-refractivity contribution in [2.24, 2.45) is 10.7 Å². The number of nitrogens with zero attached hydrogens (tertiary/aromatic N) is 2. The van der Waals surface area contributed by atoms with Crippen LogP contribution in [0.5, 0.6) is 5.75 Å². The molecule has 7 heteroatoms. The fourth-order valence-corrected chi connectivity index (χ4v) is 2.72. The van der Waals surface area contributed by atoms with E-state index in [-0.39, 0.29) is 30.0 Å². The molecule has 0 aliphatic carbocycles. The number of nitrogens with one attached hydrogen (secondary N) is 1. The van der Waals surface area contributed by atoms with Crippen LogP contribution in [-0.2, 0) is 4.74 Å². The van der Waals surface area contributed by atoms with Gasteiger partial charge < -0.3 is 20.5 Å². The first-order valence-corrected chi connectivity index (χ1v) is 9.15. The summed E-state index contributed by atoms with van der Waals surface area (Å²) in [6.45, 7) is 11.1. The number of likely N-dealkylation sites (N-methyl/N-ethyl adjacent to an activating group) is 1. The fraction of sp³-hybridized carbons (Fsp3) is 0.632. The minimum absolute atomic E-state index is 0. The van der Waals surface area contributed by atoms with Gasteiger partial charge >= 0.3 is 0 Å². The van der Waals surface area contributed by atoms with Crippen molar-refractivity contribution in [1.82, 2.24) is 10.2 Å². The van der Waals surface area contributed by atoms with Crippen LogP contribution in [0.4, 0.5) is 0 Å². The highest BCUT2D eigenvalue weighted by molar-refractivity contribution is 14.0. The van der Waals surface area contributed by atoms with Gasteiger partial charge in [0.25, 0.3) is 0 Å². The Bertz CT molecular complexity index is 510. The maximum atomic E-state index is 6.01. The lowest BCUT2D eigenvalue weighted by molar-refractivity contribution is 0.145. The van der Waals surface area contributed by atoms with E-state index in [1.165, 1.54) is 5.56 Å². The van der Waals surface area contributed by atoms with Gasteiger partial charge in [-0.05, 0) is 44.1 Å². The van der Waals surface area contributed by atoms with E-state index in [0.717, 1.165) is 45.0 Å². The van der Waals surface area contributed by atoms with E-state index in [1.807, 2.05) is 19.1 Å². The maximum absolute atomic E-state index is 6.01. The lowest BCUT2D eigenvalue weighted by Gasteiger charge is -2.29. The average Bonchev–Trinajstić information content (AvgIpc) is 2.65. The van der Waals surface area contributed by atoms with Gasteiger partial charge in [0.15, 0.2) is 5.96 Å². The van der Waals surface area contributed by atoms with E-state index in [4.69, 9.17) is 15.2 Å². The summed E-state index contributed by atoms with van der Waals surface area (Å²) in [5, 5.41) is 3.15. The molecule has 26 heavy (non-hydrogen) atoms. The summed E-state index contributed by atoms with van der Waals surface area (Å²) in [4.78, 5) is 6.93. The predicted molar refractivity (Wildman–Crippen MR) is 120 cm³/mol. The Morgan fingerprint density at radius 1 is 1.27 bits per heavy atom. The topological polar surface area (TPSA) is 72.1 Å². The first-order chi connectivity index (χ1) is 12.2. The summed E-state index contributed by atoms with van der Waals surface area (Å²) in [6, 6.07) is 8.34. The highest BCUT2D eigenvalue weighted by atomic mass is 127. The van der Waals surface area contributed by atoms with Gasteiger partial charge in [0.2, 0.25) is 0 Å². The molecule has 0 fully saturated rings. The van der Waals surface area contributed by atoms with Gasteiger partial charge in [-0.2, -0.15) is 0 Å². The van der Waals surface area contributed by atoms with Crippen LogP contribution in [-0.4, -0.2) is 57.4 Å². The van der Waals surface area contributed by atoms with Crippen molar-refractivity contribution < 1.29 is 9.47 Å². The minimum atomic E-state index is 0. The zero-order valence-electron chi connectivity index (χ0n) is 16.5. The number of nitrogens with two attached hydrogens (primary N) is 1. The third-order valence-electron chi connectivity index (χ3n) is 4.14. The third kappa shape index (κ3) is 9.05. The summed E-state index contributed by atoms with van der Waals surface area (Å²) in [6.07, 6.45) is 0.916. The molecule has 1 aromatic carbocycles. The van der Waals surface area contributed by atoms with Gasteiger partial charge in [-0.15, -0.1) is 24.0 Å². The first-order valence-electron chi connectivity index (χ1n) is 9.15. The molecule has 0 amide bonds. The molecule has 0 saturated heterocycles. The molecule has 1 aromatic rings. The highest BCUT2D eigenvalue weighted by Gasteiger charge is 2.18. The Hall–Kier alpha value is -1.06. The molecule has 150 valence electrons. The highest BCUT2D eigenvalue weighted by Crippen LogP contribution is 2.24. The van der Waals surface area contributed by atoms with Gasteiger partial charge in [0, 0.05) is 19.8 Å². The Morgan fingerprint density at radius 3 is 2.62 bits per heavy atom. The van der Waals surface area contributed by atoms with Crippen molar-refractivity contribution in [3.8, 4) is 5.75 Å². The molecule has 1 unspecified atom stereocenters. The summed E-state index contributed by atoms with van der Waals surface area (Å²) >= 11 is 0. The number of hydrogen-bond donors (Lipinski definition) is 2. The van der Waals surface area contributed by atoms with Gasteiger partial charge in [0.05, 0.1) is 19.7 Å². The molecule has 0 spiro atoms. The molecular formula is C19H35IN4O2. The second kappa shape index (κ2) is 15.0. The van der Waals surface area contributed by atoms with E-state index in [2.05, 4.69) is 41.2 Å². The van der Waals surface area contributed by atoms with Crippen molar-refractivity contribution in [2.75, 3.05) is 46.5 Å². The average molecular weight is 478 g/mol. The zero-order valence-corrected chi connectivity index (χ0v) is 18.9. The SMILES string of the molecule is CCOCCCNC(N)=NCC(c1cccc(OC)c1)N(CC)CC.I. The monoisotopic (exact) mass is 478 g/mol. The lowest BCUT2D eigenvalue weighted by atomic mass is 10.0. The van der Waals surface area contributed by atoms with E-state index >= 15 is 0 Å². The number of ether oxygens (including phenoxy) is 2. The summed E-state index contributed by atoms with van der Waals surface area (Å²) in [7, 11) is 1.69. The molecule has 0 heterocycles. The molecule has 0 radical (unpaired) electrons. The fourth-order valence-electron chi connectivity index (χ4n) is 2.72. The molecule has 0 aliphatic rings. The maximum Gasteiger partial charge on any atom is 0.188 e. The minimum Gasteiger partial charge on any atom is -0.497 e. The van der Waals surface area contributed by atoms with Crippen LogP contribution in [0.1, 0.15) is 38.8 Å². The Labute approximate surface area is 175 Å². The van der Waals surface area contributed by atoms with Gasteiger partial charge in [0.1, 0.15) is 5.75 Å². The van der Waals surface area contributed by atoms with Gasteiger partial charge in [-0.25, -0.2) is 0 Å². The molecule has 0 aromatic heterocycles. The van der Waals surface area contributed by atoms with Crippen molar-refractivity contribution in [2.45, 2.75) is 33.2 Å². The van der Waals surface area contributed by atoms with E-state index < -0.39 is 0 Å². The Morgan fingerprint density at radius 2 is 2.00 bits per heavy atom. The third-order valence-corrected chi connectivity index (χ3v) is 4.14. The largest absolute Gasteiger partial charge is 0.497 e. The van der Waals surface area contributed by atoms with E-state index in [1.54, 1.807) is 7.11 Å².